The number of amides is 1. The van der Waals surface area contributed by atoms with E-state index in [4.69, 9.17) is 4.74 Å². The number of benzene rings is 2. The van der Waals surface area contributed by atoms with Crippen molar-refractivity contribution in [1.29, 1.82) is 0 Å². The van der Waals surface area contributed by atoms with Crippen LogP contribution in [-0.4, -0.2) is 22.7 Å². The zero-order chi connectivity index (χ0) is 16.9. The minimum atomic E-state index is -0.255. The van der Waals surface area contributed by atoms with Crippen molar-refractivity contribution in [2.75, 3.05) is 11.9 Å². The first kappa shape index (κ1) is 16.9. The molecular formula is C17H16BrN3O2S. The first-order chi connectivity index (χ1) is 11.7. The van der Waals surface area contributed by atoms with E-state index < -0.39 is 0 Å². The van der Waals surface area contributed by atoms with E-state index in [1.807, 2.05) is 36.4 Å². The monoisotopic (exact) mass is 405 g/mol. The van der Waals surface area contributed by atoms with Crippen molar-refractivity contribution >= 4 is 49.1 Å². The molecule has 0 aliphatic heterocycles. The molecule has 0 fully saturated rings. The fourth-order valence-corrected chi connectivity index (χ4v) is 3.71. The molecule has 1 amide bonds. The normalized spacial score (nSPS) is 10.8. The van der Waals surface area contributed by atoms with Gasteiger partial charge in [0.1, 0.15) is 10.8 Å². The summed E-state index contributed by atoms with van der Waals surface area (Å²) in [5, 5.41) is 14.3. The molecule has 3 aromatic rings. The second-order valence-corrected chi connectivity index (χ2v) is 7.04. The number of ether oxygens (including phenoxy) is 1. The molecule has 3 rings (SSSR count). The van der Waals surface area contributed by atoms with Crippen LogP contribution in [0.1, 0.15) is 18.4 Å². The highest BCUT2D eigenvalue weighted by molar-refractivity contribution is 9.10. The maximum atomic E-state index is 12.0. The third-order valence-electron chi connectivity index (χ3n) is 3.36. The predicted octanol–water partition coefficient (Wildman–Crippen LogP) is 4.42. The highest BCUT2D eigenvalue weighted by Gasteiger charge is 2.11. The largest absolute Gasteiger partial charge is 0.483 e. The van der Waals surface area contributed by atoms with E-state index in [1.165, 1.54) is 11.3 Å². The summed E-state index contributed by atoms with van der Waals surface area (Å²) in [6.07, 6.45) is 1.87. The van der Waals surface area contributed by atoms with E-state index in [9.17, 15) is 4.79 Å². The van der Waals surface area contributed by atoms with Crippen LogP contribution >= 0.6 is 27.3 Å². The van der Waals surface area contributed by atoms with Crippen molar-refractivity contribution in [1.82, 2.24) is 10.2 Å². The van der Waals surface area contributed by atoms with Gasteiger partial charge in [-0.15, -0.1) is 10.2 Å². The topological polar surface area (TPSA) is 64.1 Å². The smallest absolute Gasteiger partial charge is 0.264 e. The Morgan fingerprint density at radius 3 is 2.92 bits per heavy atom. The van der Waals surface area contributed by atoms with Crippen LogP contribution in [0.15, 0.2) is 40.9 Å². The Morgan fingerprint density at radius 1 is 1.25 bits per heavy atom. The number of aromatic nitrogens is 2. The number of carbonyl (C=O) groups is 1. The summed E-state index contributed by atoms with van der Waals surface area (Å²) in [5.74, 6) is 0.377. The number of nitrogens with one attached hydrogen (secondary N) is 1. The summed E-state index contributed by atoms with van der Waals surface area (Å²) in [6, 6.07) is 11.8. The number of rotatable bonds is 6. The SMILES string of the molecule is CCCc1nnc(NC(=O)COc2ccc3ccccc3c2Br)s1. The van der Waals surface area contributed by atoms with Crippen LogP contribution in [0.25, 0.3) is 10.8 Å². The summed E-state index contributed by atoms with van der Waals surface area (Å²) in [6.45, 7) is 1.99. The molecule has 7 heteroatoms. The second-order valence-electron chi connectivity index (χ2n) is 5.19. The molecule has 0 atom stereocenters. The number of hydrogen-bond acceptors (Lipinski definition) is 5. The van der Waals surface area contributed by atoms with E-state index in [0.717, 1.165) is 33.1 Å². The number of halogens is 1. The molecule has 124 valence electrons. The van der Waals surface area contributed by atoms with Gasteiger partial charge in [-0.25, -0.2) is 0 Å². The van der Waals surface area contributed by atoms with E-state index >= 15 is 0 Å². The van der Waals surface area contributed by atoms with Gasteiger partial charge >= 0.3 is 0 Å². The van der Waals surface area contributed by atoms with Gasteiger partial charge in [0.15, 0.2) is 6.61 Å². The molecule has 5 nitrogen and oxygen atoms in total. The molecule has 0 spiro atoms. The summed E-state index contributed by atoms with van der Waals surface area (Å²) in [4.78, 5) is 12.0. The first-order valence-electron chi connectivity index (χ1n) is 7.59. The van der Waals surface area contributed by atoms with Gasteiger partial charge in [0.2, 0.25) is 5.13 Å². The van der Waals surface area contributed by atoms with Crippen molar-refractivity contribution in [2.45, 2.75) is 19.8 Å². The molecule has 24 heavy (non-hydrogen) atoms. The highest BCUT2D eigenvalue weighted by Crippen LogP contribution is 2.33. The molecule has 0 saturated heterocycles. The van der Waals surface area contributed by atoms with Crippen LogP contribution in [0.4, 0.5) is 5.13 Å². The summed E-state index contributed by atoms with van der Waals surface area (Å²) >= 11 is 4.94. The summed E-state index contributed by atoms with van der Waals surface area (Å²) < 4.78 is 6.47. The quantitative estimate of drug-likeness (QED) is 0.658. The van der Waals surface area contributed by atoms with Crippen LogP contribution in [0.3, 0.4) is 0 Å². The molecule has 0 bridgehead atoms. The van der Waals surface area contributed by atoms with E-state index in [-0.39, 0.29) is 12.5 Å². The lowest BCUT2D eigenvalue weighted by atomic mass is 10.1. The van der Waals surface area contributed by atoms with Crippen molar-refractivity contribution < 1.29 is 9.53 Å². The van der Waals surface area contributed by atoms with E-state index in [2.05, 4.69) is 38.4 Å². The van der Waals surface area contributed by atoms with Crippen LogP contribution in [0, 0.1) is 0 Å². The molecular weight excluding hydrogens is 390 g/mol. The number of nitrogens with zero attached hydrogens (tertiary/aromatic N) is 2. The zero-order valence-electron chi connectivity index (χ0n) is 13.1. The first-order valence-corrected chi connectivity index (χ1v) is 9.20. The molecule has 0 radical (unpaired) electrons. The molecule has 0 aliphatic rings. The molecule has 1 N–H and O–H groups in total. The highest BCUT2D eigenvalue weighted by atomic mass is 79.9. The average Bonchev–Trinajstić information content (AvgIpc) is 3.02. The van der Waals surface area contributed by atoms with Crippen LogP contribution < -0.4 is 10.1 Å². The van der Waals surface area contributed by atoms with Crippen LogP contribution in [0.2, 0.25) is 0 Å². The van der Waals surface area contributed by atoms with E-state index in [1.54, 1.807) is 0 Å². The lowest BCUT2D eigenvalue weighted by molar-refractivity contribution is -0.118. The predicted molar refractivity (Wildman–Crippen MR) is 99.7 cm³/mol. The van der Waals surface area contributed by atoms with Crippen molar-refractivity contribution in [2.24, 2.45) is 0 Å². The van der Waals surface area contributed by atoms with Crippen LogP contribution in [-0.2, 0) is 11.2 Å². The van der Waals surface area contributed by atoms with Gasteiger partial charge in [0, 0.05) is 6.42 Å². The Morgan fingerprint density at radius 2 is 2.08 bits per heavy atom. The maximum absolute atomic E-state index is 12.0. The second kappa shape index (κ2) is 7.72. The lowest BCUT2D eigenvalue weighted by Gasteiger charge is -2.09. The number of fused-ring (bicyclic) bond motifs is 1. The van der Waals surface area contributed by atoms with E-state index in [0.29, 0.717) is 10.9 Å². The van der Waals surface area contributed by atoms with Gasteiger partial charge < -0.3 is 4.74 Å². The minimum absolute atomic E-state index is 0.0837. The zero-order valence-corrected chi connectivity index (χ0v) is 15.5. The molecule has 0 unspecified atom stereocenters. The maximum Gasteiger partial charge on any atom is 0.264 e. The molecule has 2 aromatic carbocycles. The van der Waals surface area contributed by atoms with Crippen molar-refractivity contribution in [3.8, 4) is 5.75 Å². The Kier molecular flexibility index (Phi) is 5.42. The van der Waals surface area contributed by atoms with Gasteiger partial charge in [-0.3, -0.25) is 10.1 Å². The average molecular weight is 406 g/mol. The molecule has 1 aromatic heterocycles. The standard InChI is InChI=1S/C17H16BrN3O2S/c1-2-5-15-20-21-17(24-15)19-14(22)10-23-13-9-8-11-6-3-4-7-12(11)16(13)18/h3-4,6-9H,2,5,10H2,1H3,(H,19,21,22). The summed E-state index contributed by atoms with van der Waals surface area (Å²) in [5.41, 5.74) is 0. The Labute approximate surface area is 152 Å². The summed E-state index contributed by atoms with van der Waals surface area (Å²) in [7, 11) is 0. The number of carbonyl (C=O) groups excluding carboxylic acids is 1. The van der Waals surface area contributed by atoms with Gasteiger partial charge in [-0.2, -0.15) is 0 Å². The number of aryl methyl sites for hydroxylation is 1. The van der Waals surface area contributed by atoms with Gasteiger partial charge in [0.05, 0.1) is 4.47 Å². The Hall–Kier alpha value is -1.99. The van der Waals surface area contributed by atoms with Crippen LogP contribution in [0.5, 0.6) is 5.75 Å². The molecule has 1 heterocycles. The third-order valence-corrected chi connectivity index (χ3v) is 5.08. The van der Waals surface area contributed by atoms with Gasteiger partial charge in [0.25, 0.3) is 5.91 Å². The lowest BCUT2D eigenvalue weighted by Crippen LogP contribution is -2.20. The Balaban J connectivity index is 1.62. The molecule has 0 saturated carbocycles. The molecule has 0 aliphatic carbocycles. The number of anilines is 1. The van der Waals surface area contributed by atoms with Gasteiger partial charge in [-0.05, 0) is 39.2 Å². The fourth-order valence-electron chi connectivity index (χ4n) is 2.24. The fraction of sp³-hybridized carbons (Fsp3) is 0.235. The Bertz CT molecular complexity index is 866. The van der Waals surface area contributed by atoms with Gasteiger partial charge in [-0.1, -0.05) is 48.6 Å². The van der Waals surface area contributed by atoms with Crippen molar-refractivity contribution in [3.05, 3.63) is 45.9 Å². The minimum Gasteiger partial charge on any atom is -0.483 e. The van der Waals surface area contributed by atoms with Crippen molar-refractivity contribution in [3.63, 3.8) is 0 Å². The third kappa shape index (κ3) is 3.91. The number of hydrogen-bond donors (Lipinski definition) is 1.